The highest BCUT2D eigenvalue weighted by Crippen LogP contribution is 2.35. The van der Waals surface area contributed by atoms with Crippen LogP contribution in [-0.4, -0.2) is 85.8 Å². The van der Waals surface area contributed by atoms with Crippen LogP contribution in [0, 0.1) is 17.6 Å². The van der Waals surface area contributed by atoms with Crippen LogP contribution in [0.1, 0.15) is 44.2 Å². The van der Waals surface area contributed by atoms with Crippen molar-refractivity contribution in [3.63, 3.8) is 0 Å². The van der Waals surface area contributed by atoms with Gasteiger partial charge < -0.3 is 24.4 Å². The van der Waals surface area contributed by atoms with Crippen molar-refractivity contribution in [3.05, 3.63) is 113 Å². The SMILES string of the molecule is CC[C@@H]([C@H](C)O)n1ncn(-c2ccc(N3CCN(c4ccc(OC[C@@H]5COC(C(Cn6cncn6)c6ccc(F)cc6F)C5)cc4)CC3)cc2)c1=O. The number of aromatic nitrogens is 6. The zero-order valence-electron chi connectivity index (χ0n) is 29.3. The summed E-state index contributed by atoms with van der Waals surface area (Å²) in [5, 5.41) is 18.5. The van der Waals surface area contributed by atoms with E-state index in [4.69, 9.17) is 9.47 Å². The molecule has 0 radical (unpaired) electrons. The van der Waals surface area contributed by atoms with Gasteiger partial charge in [0.1, 0.15) is 36.4 Å². The number of anilines is 2. The van der Waals surface area contributed by atoms with Crippen LogP contribution < -0.4 is 20.2 Å². The molecule has 274 valence electrons. The fourth-order valence-corrected chi connectivity index (χ4v) is 7.32. The molecule has 52 heavy (non-hydrogen) atoms. The number of ether oxygens (including phenoxy) is 2. The van der Waals surface area contributed by atoms with E-state index in [1.165, 1.54) is 34.0 Å². The van der Waals surface area contributed by atoms with E-state index in [1.807, 2.05) is 43.3 Å². The molecule has 2 aliphatic rings. The van der Waals surface area contributed by atoms with Crippen molar-refractivity contribution in [3.8, 4) is 11.4 Å². The zero-order chi connectivity index (χ0) is 36.2. The van der Waals surface area contributed by atoms with Crippen molar-refractivity contribution in [2.45, 2.75) is 57.4 Å². The van der Waals surface area contributed by atoms with E-state index < -0.39 is 17.7 Å². The molecule has 3 aromatic carbocycles. The summed E-state index contributed by atoms with van der Waals surface area (Å²) < 4.78 is 45.4. The van der Waals surface area contributed by atoms with Crippen molar-refractivity contribution in [1.82, 2.24) is 29.1 Å². The first kappa shape index (κ1) is 35.3. The van der Waals surface area contributed by atoms with Crippen molar-refractivity contribution in [2.24, 2.45) is 5.92 Å². The summed E-state index contributed by atoms with van der Waals surface area (Å²) >= 11 is 0. The summed E-state index contributed by atoms with van der Waals surface area (Å²) in [6, 6.07) is 19.4. The molecule has 2 aliphatic heterocycles. The maximum Gasteiger partial charge on any atom is 0.350 e. The zero-order valence-corrected chi connectivity index (χ0v) is 29.3. The fraction of sp³-hybridized carbons (Fsp3) is 0.421. The second-order valence-corrected chi connectivity index (χ2v) is 13.6. The molecule has 7 rings (SSSR count). The van der Waals surface area contributed by atoms with Gasteiger partial charge in [-0.3, -0.25) is 4.68 Å². The maximum absolute atomic E-state index is 14.8. The molecule has 0 bridgehead atoms. The molecule has 0 spiro atoms. The van der Waals surface area contributed by atoms with Crippen molar-refractivity contribution in [2.75, 3.05) is 49.2 Å². The number of nitrogens with zero attached hydrogens (tertiary/aromatic N) is 8. The van der Waals surface area contributed by atoms with Gasteiger partial charge in [0.05, 0.1) is 43.7 Å². The van der Waals surface area contributed by atoms with Crippen LogP contribution in [0.5, 0.6) is 5.75 Å². The van der Waals surface area contributed by atoms with Crippen LogP contribution in [0.15, 0.2) is 90.5 Å². The number of aliphatic hydroxyl groups excluding tert-OH is 1. The average Bonchev–Trinajstić information content (AvgIpc) is 3.93. The number of halogens is 2. The Hall–Kier alpha value is -5.08. The van der Waals surface area contributed by atoms with Crippen molar-refractivity contribution < 1.29 is 23.4 Å². The number of hydrogen-bond acceptors (Lipinski definition) is 9. The Morgan fingerprint density at radius 1 is 0.923 bits per heavy atom. The van der Waals surface area contributed by atoms with Crippen LogP contribution in [0.25, 0.3) is 5.69 Å². The monoisotopic (exact) mass is 714 g/mol. The van der Waals surface area contributed by atoms with Crippen LogP contribution in [0.2, 0.25) is 0 Å². The Morgan fingerprint density at radius 3 is 2.21 bits per heavy atom. The first-order chi connectivity index (χ1) is 25.3. The molecule has 0 aliphatic carbocycles. The topological polar surface area (TPSA) is 116 Å². The minimum absolute atomic E-state index is 0.121. The summed E-state index contributed by atoms with van der Waals surface area (Å²) in [7, 11) is 0. The summed E-state index contributed by atoms with van der Waals surface area (Å²) in [5.41, 5.74) is 3.08. The van der Waals surface area contributed by atoms with Gasteiger partial charge in [0.2, 0.25) is 0 Å². The third-order valence-electron chi connectivity index (χ3n) is 10.2. The van der Waals surface area contributed by atoms with Gasteiger partial charge in [0, 0.05) is 55.5 Å². The largest absolute Gasteiger partial charge is 0.493 e. The molecule has 5 aromatic rings. The number of rotatable bonds is 13. The first-order valence-electron chi connectivity index (χ1n) is 17.8. The van der Waals surface area contributed by atoms with Crippen molar-refractivity contribution in [1.29, 1.82) is 0 Å². The normalized spacial score (nSPS) is 19.5. The van der Waals surface area contributed by atoms with E-state index in [0.717, 1.165) is 55.1 Å². The Labute approximate surface area is 300 Å². The molecule has 2 fully saturated rings. The highest BCUT2D eigenvalue weighted by atomic mass is 19.1. The summed E-state index contributed by atoms with van der Waals surface area (Å²) in [6.07, 6.45) is 4.86. The van der Waals surface area contributed by atoms with Gasteiger partial charge in [-0.2, -0.15) is 10.2 Å². The third-order valence-corrected chi connectivity index (χ3v) is 10.2. The van der Waals surface area contributed by atoms with E-state index in [9.17, 15) is 18.7 Å². The molecule has 14 heteroatoms. The Morgan fingerprint density at radius 2 is 1.60 bits per heavy atom. The van der Waals surface area contributed by atoms with Crippen LogP contribution in [0.4, 0.5) is 20.2 Å². The Bertz CT molecular complexity index is 1960. The second-order valence-electron chi connectivity index (χ2n) is 13.6. The molecule has 2 unspecified atom stereocenters. The van der Waals surface area contributed by atoms with Crippen LogP contribution >= 0.6 is 0 Å². The van der Waals surface area contributed by atoms with Gasteiger partial charge in [-0.15, -0.1) is 0 Å². The molecule has 0 saturated carbocycles. The van der Waals surface area contributed by atoms with E-state index >= 15 is 0 Å². The Balaban J connectivity index is 0.900. The van der Waals surface area contributed by atoms with E-state index in [1.54, 1.807) is 17.9 Å². The second kappa shape index (κ2) is 15.7. The van der Waals surface area contributed by atoms with Gasteiger partial charge in [0.25, 0.3) is 0 Å². The highest BCUT2D eigenvalue weighted by molar-refractivity contribution is 5.54. The first-order valence-corrected chi connectivity index (χ1v) is 17.8. The third kappa shape index (κ3) is 7.72. The summed E-state index contributed by atoms with van der Waals surface area (Å²) in [4.78, 5) is 21.7. The average molecular weight is 715 g/mol. The molecule has 0 amide bonds. The van der Waals surface area contributed by atoms with Gasteiger partial charge in [-0.05, 0) is 79.9 Å². The molecular formula is C38H44F2N8O4. The van der Waals surface area contributed by atoms with Gasteiger partial charge in [0.15, 0.2) is 0 Å². The fourth-order valence-electron chi connectivity index (χ4n) is 7.32. The summed E-state index contributed by atoms with van der Waals surface area (Å²) in [5.74, 6) is -0.671. The van der Waals surface area contributed by atoms with Gasteiger partial charge in [-0.1, -0.05) is 13.0 Å². The molecule has 2 saturated heterocycles. The predicted octanol–water partition coefficient (Wildman–Crippen LogP) is 4.83. The number of benzene rings is 3. The van der Waals surface area contributed by atoms with Crippen LogP contribution in [-0.2, 0) is 11.3 Å². The molecule has 5 atom stereocenters. The lowest BCUT2D eigenvalue weighted by molar-refractivity contribution is 0.0759. The molecular weight excluding hydrogens is 670 g/mol. The maximum atomic E-state index is 14.8. The lowest BCUT2D eigenvalue weighted by Crippen LogP contribution is -2.46. The van der Waals surface area contributed by atoms with Crippen molar-refractivity contribution >= 4 is 11.4 Å². The van der Waals surface area contributed by atoms with Gasteiger partial charge in [-0.25, -0.2) is 27.8 Å². The van der Waals surface area contributed by atoms with E-state index in [-0.39, 0.29) is 29.7 Å². The lowest BCUT2D eigenvalue weighted by atomic mass is 9.89. The minimum Gasteiger partial charge on any atom is -0.493 e. The van der Waals surface area contributed by atoms with E-state index in [0.29, 0.717) is 38.2 Å². The van der Waals surface area contributed by atoms with Crippen LogP contribution in [0.3, 0.4) is 0 Å². The van der Waals surface area contributed by atoms with E-state index in [2.05, 4.69) is 37.1 Å². The number of piperazine rings is 1. The smallest absolute Gasteiger partial charge is 0.350 e. The highest BCUT2D eigenvalue weighted by Gasteiger charge is 2.35. The predicted molar refractivity (Wildman–Crippen MR) is 192 cm³/mol. The molecule has 1 N–H and O–H groups in total. The molecule has 4 heterocycles. The lowest BCUT2D eigenvalue weighted by Gasteiger charge is -2.37. The Kier molecular flexibility index (Phi) is 10.6. The quantitative estimate of drug-likeness (QED) is 0.183. The minimum atomic E-state index is -0.674. The molecule has 2 aromatic heterocycles. The number of hydrogen-bond donors (Lipinski definition) is 1. The summed E-state index contributed by atoms with van der Waals surface area (Å²) in [6.45, 7) is 8.33. The standard InChI is InChI=1S/C38H44F2N8O4/c1-3-36(26(2)49)48-38(50)47(25-43-48)31-7-5-29(6-8-31)44-14-16-45(17-15-44)30-9-11-32(12-10-30)51-21-27-18-37(52-22-27)34(20-46-24-41-23-42-46)33-13-4-28(39)19-35(33)40/h4-13,19,23-27,34,36-37,49H,3,14-18,20-22H2,1-2H3/t26-,27+,34?,36-,37?/m0/s1. The molecule has 12 nitrogen and oxygen atoms in total. The number of aliphatic hydroxyl groups is 1. The van der Waals surface area contributed by atoms with Gasteiger partial charge >= 0.3 is 5.69 Å².